The van der Waals surface area contributed by atoms with Crippen LogP contribution in [0.2, 0.25) is 0 Å². The summed E-state index contributed by atoms with van der Waals surface area (Å²) in [6.45, 7) is 5.29. The third kappa shape index (κ3) is 7.91. The molecule has 2 N–H and O–H groups in total. The largest absolute Gasteiger partial charge is 0.374 e. The lowest BCUT2D eigenvalue weighted by molar-refractivity contribution is 0.0657. The lowest BCUT2D eigenvalue weighted by Crippen LogP contribution is -2.43. The standard InChI is InChI=1S/C17H27N3O3S.HI/c1-13(2)23-11-15-6-4-14(5-7-15)10-19-17(18-3)20-16-8-9-24(21,22)12-16;/h4-7,13,16H,8-12H2,1-3H3,(H2,18,19,20);1H. The van der Waals surface area contributed by atoms with E-state index in [0.29, 0.717) is 25.5 Å². The maximum Gasteiger partial charge on any atom is 0.191 e. The van der Waals surface area contributed by atoms with E-state index in [1.807, 2.05) is 13.8 Å². The number of hydrogen-bond donors (Lipinski definition) is 2. The van der Waals surface area contributed by atoms with Crippen LogP contribution in [0.15, 0.2) is 29.3 Å². The topological polar surface area (TPSA) is 79.8 Å². The summed E-state index contributed by atoms with van der Waals surface area (Å²) in [4.78, 5) is 4.16. The molecule has 0 aromatic heterocycles. The van der Waals surface area contributed by atoms with Gasteiger partial charge in [0, 0.05) is 19.6 Å². The van der Waals surface area contributed by atoms with Crippen LogP contribution < -0.4 is 10.6 Å². The number of ether oxygens (including phenoxy) is 1. The molecule has 1 atom stereocenters. The van der Waals surface area contributed by atoms with Crippen LogP contribution in [0, 0.1) is 0 Å². The van der Waals surface area contributed by atoms with Crippen LogP contribution in [-0.2, 0) is 27.7 Å². The van der Waals surface area contributed by atoms with Crippen molar-refractivity contribution in [3.63, 3.8) is 0 Å². The van der Waals surface area contributed by atoms with Gasteiger partial charge in [-0.3, -0.25) is 4.99 Å². The summed E-state index contributed by atoms with van der Waals surface area (Å²) >= 11 is 0. The molecule has 1 unspecified atom stereocenters. The van der Waals surface area contributed by atoms with E-state index in [4.69, 9.17) is 4.74 Å². The van der Waals surface area contributed by atoms with Crippen molar-refractivity contribution in [2.45, 2.75) is 45.6 Å². The van der Waals surface area contributed by atoms with E-state index >= 15 is 0 Å². The summed E-state index contributed by atoms with van der Waals surface area (Å²) in [6.07, 6.45) is 0.855. The first-order valence-electron chi connectivity index (χ1n) is 8.25. The van der Waals surface area contributed by atoms with E-state index in [1.165, 1.54) is 0 Å². The number of sulfone groups is 1. The van der Waals surface area contributed by atoms with Gasteiger partial charge >= 0.3 is 0 Å². The van der Waals surface area contributed by atoms with Crippen LogP contribution in [0.5, 0.6) is 0 Å². The number of hydrogen-bond acceptors (Lipinski definition) is 4. The minimum Gasteiger partial charge on any atom is -0.374 e. The molecule has 1 aliphatic rings. The summed E-state index contributed by atoms with van der Waals surface area (Å²) in [5.41, 5.74) is 2.27. The molecule has 2 rings (SSSR count). The molecule has 1 aromatic rings. The van der Waals surface area contributed by atoms with Crippen molar-refractivity contribution in [3.8, 4) is 0 Å². The van der Waals surface area contributed by atoms with Gasteiger partial charge in [-0.1, -0.05) is 24.3 Å². The van der Waals surface area contributed by atoms with Gasteiger partial charge in [-0.2, -0.15) is 0 Å². The average Bonchev–Trinajstić information content (AvgIpc) is 2.89. The zero-order valence-electron chi connectivity index (χ0n) is 15.0. The van der Waals surface area contributed by atoms with Crippen molar-refractivity contribution in [3.05, 3.63) is 35.4 Å². The Hall–Kier alpha value is -0.870. The van der Waals surface area contributed by atoms with Gasteiger partial charge < -0.3 is 15.4 Å². The summed E-state index contributed by atoms with van der Waals surface area (Å²) in [5, 5.41) is 6.40. The average molecular weight is 481 g/mol. The Bertz CT molecular complexity index is 660. The number of benzene rings is 1. The van der Waals surface area contributed by atoms with Gasteiger partial charge in [0.1, 0.15) is 0 Å². The Morgan fingerprint density at radius 2 is 1.92 bits per heavy atom. The van der Waals surface area contributed by atoms with Gasteiger partial charge in [0.25, 0.3) is 0 Å². The number of aliphatic imine (C=N–C) groups is 1. The normalized spacial score (nSPS) is 19.5. The monoisotopic (exact) mass is 481 g/mol. The van der Waals surface area contributed by atoms with Crippen LogP contribution in [0.4, 0.5) is 0 Å². The minimum absolute atomic E-state index is 0. The van der Waals surface area contributed by atoms with Crippen molar-refractivity contribution >= 4 is 39.8 Å². The van der Waals surface area contributed by atoms with Gasteiger partial charge in [-0.25, -0.2) is 8.42 Å². The Morgan fingerprint density at radius 1 is 1.28 bits per heavy atom. The van der Waals surface area contributed by atoms with E-state index in [-0.39, 0.29) is 47.6 Å². The molecule has 6 nitrogen and oxygen atoms in total. The highest BCUT2D eigenvalue weighted by atomic mass is 127. The number of nitrogens with one attached hydrogen (secondary N) is 2. The molecule has 8 heteroatoms. The molecular weight excluding hydrogens is 453 g/mol. The fourth-order valence-electron chi connectivity index (χ4n) is 2.50. The Labute approximate surface area is 167 Å². The van der Waals surface area contributed by atoms with Crippen LogP contribution in [-0.4, -0.2) is 45.1 Å². The molecule has 0 aliphatic carbocycles. The van der Waals surface area contributed by atoms with Crippen LogP contribution in [0.25, 0.3) is 0 Å². The molecular formula is C17H28IN3O3S. The number of rotatable bonds is 6. The zero-order chi connectivity index (χ0) is 17.6. The highest BCUT2D eigenvalue weighted by molar-refractivity contribution is 14.0. The first kappa shape index (κ1) is 22.2. The van der Waals surface area contributed by atoms with Crippen molar-refractivity contribution in [1.29, 1.82) is 0 Å². The number of halogens is 1. The van der Waals surface area contributed by atoms with Gasteiger partial charge in [0.2, 0.25) is 0 Å². The van der Waals surface area contributed by atoms with Crippen molar-refractivity contribution < 1.29 is 13.2 Å². The summed E-state index contributed by atoms with van der Waals surface area (Å²) in [6, 6.07) is 8.16. The quantitative estimate of drug-likeness (QED) is 0.370. The predicted molar refractivity (Wildman–Crippen MR) is 112 cm³/mol. The molecule has 1 fully saturated rings. The Morgan fingerprint density at radius 3 is 2.44 bits per heavy atom. The van der Waals surface area contributed by atoms with E-state index < -0.39 is 9.84 Å². The molecule has 1 heterocycles. The van der Waals surface area contributed by atoms with Gasteiger partial charge in [0.05, 0.1) is 24.2 Å². The molecule has 1 aliphatic heterocycles. The Balaban J connectivity index is 0.00000312. The molecule has 0 amide bonds. The SMILES string of the molecule is CN=C(NCc1ccc(COC(C)C)cc1)NC1CCS(=O)(=O)C1.I. The zero-order valence-corrected chi connectivity index (χ0v) is 18.1. The Kier molecular flexibility index (Phi) is 9.15. The van der Waals surface area contributed by atoms with Crippen molar-refractivity contribution in [1.82, 2.24) is 10.6 Å². The fraction of sp³-hybridized carbons (Fsp3) is 0.588. The highest BCUT2D eigenvalue weighted by Gasteiger charge is 2.28. The third-order valence-electron chi connectivity index (χ3n) is 3.86. The second-order valence-electron chi connectivity index (χ2n) is 6.35. The first-order chi connectivity index (χ1) is 11.4. The van der Waals surface area contributed by atoms with E-state index in [1.54, 1.807) is 7.05 Å². The van der Waals surface area contributed by atoms with E-state index in [2.05, 4.69) is 39.9 Å². The first-order valence-corrected chi connectivity index (χ1v) is 10.1. The fourth-order valence-corrected chi connectivity index (χ4v) is 4.17. The maximum atomic E-state index is 11.5. The smallest absolute Gasteiger partial charge is 0.191 e. The second-order valence-corrected chi connectivity index (χ2v) is 8.58. The van der Waals surface area contributed by atoms with Crippen LogP contribution >= 0.6 is 24.0 Å². The lowest BCUT2D eigenvalue weighted by atomic mass is 10.1. The molecule has 1 aromatic carbocycles. The van der Waals surface area contributed by atoms with E-state index in [0.717, 1.165) is 11.1 Å². The second kappa shape index (κ2) is 10.3. The van der Waals surface area contributed by atoms with E-state index in [9.17, 15) is 8.42 Å². The molecule has 0 saturated carbocycles. The van der Waals surface area contributed by atoms with Crippen molar-refractivity contribution in [2.75, 3.05) is 18.6 Å². The summed E-state index contributed by atoms with van der Waals surface area (Å²) in [7, 11) is -1.20. The van der Waals surface area contributed by atoms with Gasteiger partial charge in [-0.15, -0.1) is 24.0 Å². The predicted octanol–water partition coefficient (Wildman–Crippen LogP) is 2.08. The molecule has 0 radical (unpaired) electrons. The molecule has 25 heavy (non-hydrogen) atoms. The summed E-state index contributed by atoms with van der Waals surface area (Å²) in [5.74, 6) is 1.06. The van der Waals surface area contributed by atoms with Gasteiger partial charge in [-0.05, 0) is 31.4 Å². The maximum absolute atomic E-state index is 11.5. The number of nitrogens with zero attached hydrogens (tertiary/aromatic N) is 1. The minimum atomic E-state index is -2.89. The van der Waals surface area contributed by atoms with Crippen LogP contribution in [0.3, 0.4) is 0 Å². The van der Waals surface area contributed by atoms with Crippen LogP contribution in [0.1, 0.15) is 31.4 Å². The summed E-state index contributed by atoms with van der Waals surface area (Å²) < 4.78 is 28.6. The molecule has 142 valence electrons. The molecule has 0 bridgehead atoms. The lowest BCUT2D eigenvalue weighted by Gasteiger charge is -2.16. The number of guanidine groups is 1. The highest BCUT2D eigenvalue weighted by Crippen LogP contribution is 2.11. The third-order valence-corrected chi connectivity index (χ3v) is 5.63. The van der Waals surface area contributed by atoms with Gasteiger partial charge in [0.15, 0.2) is 15.8 Å². The van der Waals surface area contributed by atoms with Crippen molar-refractivity contribution in [2.24, 2.45) is 4.99 Å². The molecule has 0 spiro atoms. The molecule has 1 saturated heterocycles.